The summed E-state index contributed by atoms with van der Waals surface area (Å²) in [5.74, 6) is 0.736. The van der Waals surface area contributed by atoms with Crippen LogP contribution >= 0.6 is 0 Å². The van der Waals surface area contributed by atoms with Crippen molar-refractivity contribution in [1.82, 2.24) is 10.5 Å². The molecular formula is C10H18N2O. The summed E-state index contributed by atoms with van der Waals surface area (Å²) >= 11 is 0. The number of nitrogens with one attached hydrogen (secondary N) is 1. The van der Waals surface area contributed by atoms with E-state index in [-0.39, 0.29) is 0 Å². The summed E-state index contributed by atoms with van der Waals surface area (Å²) in [5, 5.41) is 7.22. The largest absolute Gasteiger partial charge is 0.364 e. The van der Waals surface area contributed by atoms with E-state index >= 15 is 0 Å². The standard InChI is InChI=1S/C10H18N2O/c1-8(2)6-9(3)11-7-10-4-5-13-12-10/h4-5,8-9,11H,6-7H2,1-3H3. The normalized spacial score (nSPS) is 13.5. The molecule has 0 amide bonds. The van der Waals surface area contributed by atoms with Crippen molar-refractivity contribution >= 4 is 0 Å². The zero-order chi connectivity index (χ0) is 9.68. The van der Waals surface area contributed by atoms with Crippen molar-refractivity contribution in [3.8, 4) is 0 Å². The molecular weight excluding hydrogens is 164 g/mol. The van der Waals surface area contributed by atoms with E-state index in [0.717, 1.165) is 18.2 Å². The van der Waals surface area contributed by atoms with Crippen LogP contribution in [0.3, 0.4) is 0 Å². The van der Waals surface area contributed by atoms with Gasteiger partial charge >= 0.3 is 0 Å². The number of aromatic nitrogens is 1. The van der Waals surface area contributed by atoms with Crippen LogP contribution in [0, 0.1) is 5.92 Å². The zero-order valence-corrected chi connectivity index (χ0v) is 8.58. The Bertz CT molecular complexity index is 219. The minimum atomic E-state index is 0.539. The molecule has 0 radical (unpaired) electrons. The molecule has 0 aliphatic heterocycles. The van der Waals surface area contributed by atoms with Gasteiger partial charge in [-0.1, -0.05) is 19.0 Å². The van der Waals surface area contributed by atoms with Gasteiger partial charge in [-0.25, -0.2) is 0 Å². The minimum absolute atomic E-state index is 0.539. The maximum Gasteiger partial charge on any atom is 0.124 e. The van der Waals surface area contributed by atoms with Gasteiger partial charge in [0.25, 0.3) is 0 Å². The van der Waals surface area contributed by atoms with Crippen LogP contribution in [-0.4, -0.2) is 11.2 Å². The Labute approximate surface area is 79.5 Å². The lowest BCUT2D eigenvalue weighted by molar-refractivity contribution is 0.397. The van der Waals surface area contributed by atoms with Gasteiger partial charge in [0.2, 0.25) is 0 Å². The Morgan fingerprint density at radius 3 is 2.77 bits per heavy atom. The van der Waals surface area contributed by atoms with Crippen LogP contribution in [0.2, 0.25) is 0 Å². The second-order valence-electron chi connectivity index (χ2n) is 3.90. The molecule has 0 saturated carbocycles. The van der Waals surface area contributed by atoms with E-state index in [9.17, 15) is 0 Å². The monoisotopic (exact) mass is 182 g/mol. The molecule has 1 rings (SSSR count). The number of nitrogens with zero attached hydrogens (tertiary/aromatic N) is 1. The van der Waals surface area contributed by atoms with E-state index in [1.807, 2.05) is 6.07 Å². The summed E-state index contributed by atoms with van der Waals surface area (Å²) in [6.45, 7) is 7.45. The van der Waals surface area contributed by atoms with Crippen molar-refractivity contribution in [3.63, 3.8) is 0 Å². The van der Waals surface area contributed by atoms with E-state index in [2.05, 4.69) is 31.2 Å². The molecule has 13 heavy (non-hydrogen) atoms. The molecule has 74 valence electrons. The van der Waals surface area contributed by atoms with Crippen LogP contribution < -0.4 is 5.32 Å². The molecule has 3 heteroatoms. The molecule has 0 aliphatic rings. The summed E-state index contributed by atoms with van der Waals surface area (Å²) in [4.78, 5) is 0. The van der Waals surface area contributed by atoms with Crippen molar-refractivity contribution in [2.75, 3.05) is 0 Å². The van der Waals surface area contributed by atoms with E-state index in [0.29, 0.717) is 6.04 Å². The molecule has 1 unspecified atom stereocenters. The molecule has 0 fully saturated rings. The molecule has 1 N–H and O–H groups in total. The smallest absolute Gasteiger partial charge is 0.124 e. The highest BCUT2D eigenvalue weighted by Crippen LogP contribution is 2.04. The third kappa shape index (κ3) is 4.08. The van der Waals surface area contributed by atoms with Crippen LogP contribution in [0.5, 0.6) is 0 Å². The molecule has 1 heterocycles. The number of hydrogen-bond acceptors (Lipinski definition) is 3. The van der Waals surface area contributed by atoms with Gasteiger partial charge < -0.3 is 9.84 Å². The SMILES string of the molecule is CC(C)CC(C)NCc1ccon1. The highest BCUT2D eigenvalue weighted by molar-refractivity contribution is 4.94. The van der Waals surface area contributed by atoms with Crippen molar-refractivity contribution in [3.05, 3.63) is 18.0 Å². The topological polar surface area (TPSA) is 38.1 Å². The minimum Gasteiger partial charge on any atom is -0.364 e. The Morgan fingerprint density at radius 1 is 1.46 bits per heavy atom. The average molecular weight is 182 g/mol. The Balaban J connectivity index is 2.19. The van der Waals surface area contributed by atoms with Gasteiger partial charge in [-0.05, 0) is 19.3 Å². The van der Waals surface area contributed by atoms with Gasteiger partial charge in [0.05, 0.1) is 5.69 Å². The molecule has 0 aliphatic carbocycles. The molecule has 3 nitrogen and oxygen atoms in total. The lowest BCUT2D eigenvalue weighted by Gasteiger charge is -2.14. The maximum atomic E-state index is 4.74. The van der Waals surface area contributed by atoms with Crippen LogP contribution in [0.4, 0.5) is 0 Å². The molecule has 1 aromatic rings. The van der Waals surface area contributed by atoms with Crippen LogP contribution in [0.1, 0.15) is 32.9 Å². The molecule has 0 spiro atoms. The van der Waals surface area contributed by atoms with Crippen molar-refractivity contribution in [2.24, 2.45) is 5.92 Å². The van der Waals surface area contributed by atoms with Gasteiger partial charge in [0.15, 0.2) is 0 Å². The summed E-state index contributed by atoms with van der Waals surface area (Å²) < 4.78 is 4.74. The predicted octanol–water partition coefficient (Wildman–Crippen LogP) is 2.20. The van der Waals surface area contributed by atoms with Gasteiger partial charge in [0.1, 0.15) is 6.26 Å². The molecule has 1 atom stereocenters. The predicted molar refractivity (Wildman–Crippen MR) is 52.3 cm³/mol. The number of rotatable bonds is 5. The summed E-state index contributed by atoms with van der Waals surface area (Å²) in [6.07, 6.45) is 2.79. The first kappa shape index (κ1) is 10.3. The van der Waals surface area contributed by atoms with Crippen LogP contribution in [0.15, 0.2) is 16.9 Å². The second-order valence-corrected chi connectivity index (χ2v) is 3.90. The summed E-state index contributed by atoms with van der Waals surface area (Å²) in [5.41, 5.74) is 0.968. The Kier molecular flexibility index (Phi) is 3.96. The first-order chi connectivity index (χ1) is 6.18. The maximum absolute atomic E-state index is 4.74. The first-order valence-corrected chi connectivity index (χ1v) is 4.81. The van der Waals surface area contributed by atoms with Gasteiger partial charge in [-0.2, -0.15) is 0 Å². The summed E-state index contributed by atoms with van der Waals surface area (Å²) in [6, 6.07) is 2.42. The molecule has 0 bridgehead atoms. The Hall–Kier alpha value is -0.830. The lowest BCUT2D eigenvalue weighted by atomic mass is 10.1. The molecule has 0 saturated heterocycles. The third-order valence-corrected chi connectivity index (χ3v) is 1.95. The highest BCUT2D eigenvalue weighted by Gasteiger charge is 2.04. The number of hydrogen-bond donors (Lipinski definition) is 1. The fourth-order valence-electron chi connectivity index (χ4n) is 1.40. The van der Waals surface area contributed by atoms with Gasteiger partial charge in [-0.3, -0.25) is 0 Å². The summed E-state index contributed by atoms with van der Waals surface area (Å²) in [7, 11) is 0. The third-order valence-electron chi connectivity index (χ3n) is 1.95. The average Bonchev–Trinajstić information content (AvgIpc) is 2.51. The first-order valence-electron chi connectivity index (χ1n) is 4.81. The quantitative estimate of drug-likeness (QED) is 0.758. The zero-order valence-electron chi connectivity index (χ0n) is 8.58. The lowest BCUT2D eigenvalue weighted by Crippen LogP contribution is -2.26. The highest BCUT2D eigenvalue weighted by atomic mass is 16.5. The van der Waals surface area contributed by atoms with E-state index < -0.39 is 0 Å². The van der Waals surface area contributed by atoms with E-state index in [1.165, 1.54) is 6.42 Å². The fourth-order valence-corrected chi connectivity index (χ4v) is 1.40. The van der Waals surface area contributed by atoms with E-state index in [1.54, 1.807) is 6.26 Å². The van der Waals surface area contributed by atoms with Crippen molar-refractivity contribution in [1.29, 1.82) is 0 Å². The van der Waals surface area contributed by atoms with Gasteiger partial charge in [0, 0.05) is 18.7 Å². The van der Waals surface area contributed by atoms with Crippen molar-refractivity contribution < 1.29 is 4.52 Å². The van der Waals surface area contributed by atoms with Gasteiger partial charge in [-0.15, -0.1) is 0 Å². The molecule has 1 aromatic heterocycles. The fraction of sp³-hybridized carbons (Fsp3) is 0.700. The van der Waals surface area contributed by atoms with Crippen LogP contribution in [-0.2, 0) is 6.54 Å². The van der Waals surface area contributed by atoms with Crippen LogP contribution in [0.25, 0.3) is 0 Å². The second kappa shape index (κ2) is 5.02. The Morgan fingerprint density at radius 2 is 2.23 bits per heavy atom. The molecule has 0 aromatic carbocycles. The van der Waals surface area contributed by atoms with Crippen molar-refractivity contribution in [2.45, 2.75) is 39.8 Å². The van der Waals surface area contributed by atoms with E-state index in [4.69, 9.17) is 4.52 Å².